The highest BCUT2D eigenvalue weighted by Crippen LogP contribution is 2.08. The van der Waals surface area contributed by atoms with E-state index in [9.17, 15) is 4.79 Å². The van der Waals surface area contributed by atoms with Crippen LogP contribution in [0.4, 0.5) is 0 Å². The van der Waals surface area contributed by atoms with Gasteiger partial charge in [0.2, 0.25) is 0 Å². The van der Waals surface area contributed by atoms with Gasteiger partial charge in [0.15, 0.2) is 5.84 Å². The second-order valence-electron chi connectivity index (χ2n) is 4.59. The minimum absolute atomic E-state index is 0.0135. The van der Waals surface area contributed by atoms with Crippen molar-refractivity contribution in [2.24, 2.45) is 10.9 Å². The van der Waals surface area contributed by atoms with Crippen molar-refractivity contribution in [2.45, 2.75) is 26.3 Å². The number of hydrogen-bond donors (Lipinski definition) is 3. The molecule has 0 saturated heterocycles. The number of hydrogen-bond acceptors (Lipinski definition) is 5. The monoisotopic (exact) mass is 280 g/mol. The molecule has 0 unspecified atom stereocenters. The van der Waals surface area contributed by atoms with Crippen LogP contribution >= 0.6 is 0 Å². The van der Waals surface area contributed by atoms with Crippen LogP contribution in [-0.2, 0) is 0 Å². The lowest BCUT2D eigenvalue weighted by Crippen LogP contribution is -2.38. The Labute approximate surface area is 117 Å². The Morgan fingerprint density at radius 3 is 2.65 bits per heavy atom. The van der Waals surface area contributed by atoms with Crippen molar-refractivity contribution in [3.63, 3.8) is 0 Å². The molecule has 0 radical (unpaired) electrons. The molecule has 1 aromatic rings. The lowest BCUT2D eigenvalue weighted by atomic mass is 10.2. The Bertz CT molecular complexity index is 471. The number of carbonyl (C=O) groups excluding carboxylic acids is 1. The normalized spacial score (nSPS) is 11.7. The van der Waals surface area contributed by atoms with Crippen LogP contribution in [0, 0.1) is 0 Å². The first kappa shape index (κ1) is 15.9. The summed E-state index contributed by atoms with van der Waals surface area (Å²) in [5.41, 5.74) is 6.15. The molecule has 20 heavy (non-hydrogen) atoms. The number of nitrogens with two attached hydrogens (primary N) is 1. The number of amides is 1. The number of pyridine rings is 1. The molecule has 1 aromatic heterocycles. The predicted molar refractivity (Wildman–Crippen MR) is 74.6 cm³/mol. The number of amidine groups is 1. The molecule has 1 amide bonds. The summed E-state index contributed by atoms with van der Waals surface area (Å²) in [4.78, 5) is 18.0. The summed E-state index contributed by atoms with van der Waals surface area (Å²) < 4.78 is 0. The van der Waals surface area contributed by atoms with Gasteiger partial charge in [-0.25, -0.2) is 0 Å². The zero-order valence-corrected chi connectivity index (χ0v) is 11.7. The first-order chi connectivity index (χ1) is 9.51. The van der Waals surface area contributed by atoms with Crippen LogP contribution in [0.25, 0.3) is 0 Å². The Morgan fingerprint density at radius 2 is 2.20 bits per heavy atom. The molecule has 0 saturated carbocycles. The Morgan fingerprint density at radius 1 is 1.50 bits per heavy atom. The predicted octanol–water partition coefficient (Wildman–Crippen LogP) is 0.409. The van der Waals surface area contributed by atoms with Crippen LogP contribution in [0.1, 0.15) is 36.3 Å². The number of aliphatic hydroxyl groups is 1. The molecule has 4 N–H and O–H groups in total. The number of carbonyl (C=O) groups is 1. The Kier molecular flexibility index (Phi) is 5.92. The van der Waals surface area contributed by atoms with Crippen LogP contribution in [0.5, 0.6) is 0 Å². The second-order valence-corrected chi connectivity index (χ2v) is 4.59. The van der Waals surface area contributed by atoms with E-state index in [-0.39, 0.29) is 30.1 Å². The molecule has 0 atom stereocenters. The fourth-order valence-electron chi connectivity index (χ4n) is 1.71. The van der Waals surface area contributed by atoms with E-state index in [1.54, 1.807) is 11.0 Å². The highest BCUT2D eigenvalue weighted by atomic mass is 16.4. The summed E-state index contributed by atoms with van der Waals surface area (Å²) in [6.45, 7) is 4.31. The molecule has 1 rings (SSSR count). The third kappa shape index (κ3) is 3.92. The van der Waals surface area contributed by atoms with Crippen LogP contribution in [0.2, 0.25) is 0 Å². The first-order valence-corrected chi connectivity index (χ1v) is 6.37. The van der Waals surface area contributed by atoms with Crippen molar-refractivity contribution in [3.8, 4) is 0 Å². The number of oxime groups is 1. The highest BCUT2D eigenvalue weighted by molar-refractivity contribution is 5.98. The number of nitrogens with zero attached hydrogens (tertiary/aromatic N) is 3. The SMILES string of the molecule is CC(C)N(CCCO)C(=O)c1ccc(C(N)=NO)cn1. The van der Waals surface area contributed by atoms with Gasteiger partial charge in [-0.2, -0.15) is 0 Å². The van der Waals surface area contributed by atoms with Crippen LogP contribution in [0.15, 0.2) is 23.5 Å². The van der Waals surface area contributed by atoms with Gasteiger partial charge < -0.3 is 20.9 Å². The second kappa shape index (κ2) is 7.44. The van der Waals surface area contributed by atoms with Crippen molar-refractivity contribution in [1.29, 1.82) is 0 Å². The molecule has 7 nitrogen and oxygen atoms in total. The standard InChI is InChI=1S/C13H20N4O3/c1-9(2)17(6-3-7-18)13(19)11-5-4-10(8-15-11)12(14)16-20/h4-5,8-9,18,20H,3,6-7H2,1-2H3,(H2,14,16). The van der Waals surface area contributed by atoms with E-state index in [0.717, 1.165) is 0 Å². The molecule has 7 heteroatoms. The summed E-state index contributed by atoms with van der Waals surface area (Å²) >= 11 is 0. The quantitative estimate of drug-likeness (QED) is 0.302. The van der Waals surface area contributed by atoms with Gasteiger partial charge in [0, 0.05) is 31.0 Å². The van der Waals surface area contributed by atoms with E-state index in [2.05, 4.69) is 10.1 Å². The minimum Gasteiger partial charge on any atom is -0.409 e. The van der Waals surface area contributed by atoms with Gasteiger partial charge in [-0.1, -0.05) is 5.16 Å². The van der Waals surface area contributed by atoms with Crippen molar-refractivity contribution < 1.29 is 15.1 Å². The zero-order valence-electron chi connectivity index (χ0n) is 11.7. The smallest absolute Gasteiger partial charge is 0.272 e. The van der Waals surface area contributed by atoms with Gasteiger partial charge in [0.1, 0.15) is 5.69 Å². The van der Waals surface area contributed by atoms with Gasteiger partial charge in [-0.05, 0) is 32.4 Å². The summed E-state index contributed by atoms with van der Waals surface area (Å²) in [6.07, 6.45) is 1.90. The topological polar surface area (TPSA) is 112 Å². The van der Waals surface area contributed by atoms with Crippen molar-refractivity contribution in [3.05, 3.63) is 29.6 Å². The molecule has 0 bridgehead atoms. The fourth-order valence-corrected chi connectivity index (χ4v) is 1.71. The summed E-state index contributed by atoms with van der Waals surface area (Å²) in [5, 5.41) is 20.3. The van der Waals surface area contributed by atoms with Gasteiger partial charge >= 0.3 is 0 Å². The molecule has 0 aliphatic heterocycles. The molecule has 0 aliphatic carbocycles. The Balaban J connectivity index is 2.89. The van der Waals surface area contributed by atoms with Gasteiger partial charge in [0.25, 0.3) is 5.91 Å². The third-order valence-corrected chi connectivity index (χ3v) is 2.83. The van der Waals surface area contributed by atoms with Crippen LogP contribution in [-0.4, -0.2) is 51.1 Å². The molecule has 0 spiro atoms. The largest absolute Gasteiger partial charge is 0.409 e. The van der Waals surface area contributed by atoms with E-state index < -0.39 is 0 Å². The van der Waals surface area contributed by atoms with Gasteiger partial charge in [-0.15, -0.1) is 0 Å². The summed E-state index contributed by atoms with van der Waals surface area (Å²) in [5.74, 6) is -0.267. The maximum absolute atomic E-state index is 12.3. The van der Waals surface area contributed by atoms with E-state index >= 15 is 0 Å². The molecule has 1 heterocycles. The lowest BCUT2D eigenvalue weighted by Gasteiger charge is -2.26. The number of aromatic nitrogens is 1. The zero-order chi connectivity index (χ0) is 15.1. The summed E-state index contributed by atoms with van der Waals surface area (Å²) in [7, 11) is 0. The minimum atomic E-state index is -0.209. The maximum atomic E-state index is 12.3. The lowest BCUT2D eigenvalue weighted by molar-refractivity contribution is 0.0687. The Hall–Kier alpha value is -2.15. The number of aliphatic hydroxyl groups excluding tert-OH is 1. The van der Waals surface area contributed by atoms with Crippen molar-refractivity contribution in [1.82, 2.24) is 9.88 Å². The average Bonchev–Trinajstić information content (AvgIpc) is 2.46. The molecule has 110 valence electrons. The van der Waals surface area contributed by atoms with Gasteiger partial charge in [-0.3, -0.25) is 9.78 Å². The van der Waals surface area contributed by atoms with Crippen LogP contribution in [0.3, 0.4) is 0 Å². The van der Waals surface area contributed by atoms with Gasteiger partial charge in [0.05, 0.1) is 0 Å². The number of rotatable bonds is 6. The average molecular weight is 280 g/mol. The molecular weight excluding hydrogens is 260 g/mol. The molecular formula is C13H20N4O3. The maximum Gasteiger partial charge on any atom is 0.272 e. The molecule has 0 fully saturated rings. The van der Waals surface area contributed by atoms with Crippen molar-refractivity contribution in [2.75, 3.05) is 13.2 Å². The van der Waals surface area contributed by atoms with Crippen molar-refractivity contribution >= 4 is 11.7 Å². The van der Waals surface area contributed by atoms with E-state index in [4.69, 9.17) is 16.0 Å². The summed E-state index contributed by atoms with van der Waals surface area (Å²) in [6, 6.07) is 3.11. The fraction of sp³-hybridized carbons (Fsp3) is 0.462. The first-order valence-electron chi connectivity index (χ1n) is 6.37. The van der Waals surface area contributed by atoms with Crippen LogP contribution < -0.4 is 5.73 Å². The van der Waals surface area contributed by atoms with E-state index in [1.165, 1.54) is 12.3 Å². The third-order valence-electron chi connectivity index (χ3n) is 2.83. The van der Waals surface area contributed by atoms with E-state index in [1.807, 2.05) is 13.8 Å². The molecule has 0 aromatic carbocycles. The van der Waals surface area contributed by atoms with E-state index in [0.29, 0.717) is 18.5 Å². The highest BCUT2D eigenvalue weighted by Gasteiger charge is 2.19. The molecule has 0 aliphatic rings.